The highest BCUT2D eigenvalue weighted by atomic mass is 16.5. The standard InChI is InChI=1S/C17H19NO4/c1-22-17(21)14-4-2-12(3-5-14)13-6-8-15(9-7-13)18-10-16(20)11-19/h2-9,16,18-20H,10-11H2,1H3. The Morgan fingerprint density at radius 3 is 2.14 bits per heavy atom. The summed E-state index contributed by atoms with van der Waals surface area (Å²) in [6.45, 7) is 0.0291. The molecule has 0 radical (unpaired) electrons. The number of nitrogens with one attached hydrogen (secondary N) is 1. The fourth-order valence-corrected chi connectivity index (χ4v) is 2.00. The number of methoxy groups -OCH3 is 1. The van der Waals surface area contributed by atoms with Crippen molar-refractivity contribution >= 4 is 11.7 Å². The lowest BCUT2D eigenvalue weighted by Crippen LogP contribution is -2.22. The maximum absolute atomic E-state index is 11.4. The van der Waals surface area contributed by atoms with Gasteiger partial charge in [0.1, 0.15) is 0 Å². The molecule has 0 amide bonds. The van der Waals surface area contributed by atoms with Crippen LogP contribution in [0, 0.1) is 0 Å². The van der Waals surface area contributed by atoms with E-state index < -0.39 is 6.10 Å². The summed E-state index contributed by atoms with van der Waals surface area (Å²) < 4.78 is 4.67. The zero-order chi connectivity index (χ0) is 15.9. The highest BCUT2D eigenvalue weighted by molar-refractivity contribution is 5.90. The van der Waals surface area contributed by atoms with E-state index in [9.17, 15) is 9.90 Å². The average molecular weight is 301 g/mol. The van der Waals surface area contributed by atoms with Crippen LogP contribution in [0.25, 0.3) is 11.1 Å². The van der Waals surface area contributed by atoms with Gasteiger partial charge in [-0.3, -0.25) is 0 Å². The largest absolute Gasteiger partial charge is 0.465 e. The van der Waals surface area contributed by atoms with E-state index in [4.69, 9.17) is 5.11 Å². The molecule has 2 aromatic carbocycles. The summed E-state index contributed by atoms with van der Waals surface area (Å²) in [5.41, 5.74) is 3.39. The van der Waals surface area contributed by atoms with Gasteiger partial charge in [-0.25, -0.2) is 4.79 Å². The van der Waals surface area contributed by atoms with Crippen LogP contribution in [0.5, 0.6) is 0 Å². The summed E-state index contributed by atoms with van der Waals surface area (Å²) in [7, 11) is 1.36. The van der Waals surface area contributed by atoms with Crippen molar-refractivity contribution in [3.8, 4) is 11.1 Å². The molecule has 0 aromatic heterocycles. The van der Waals surface area contributed by atoms with Gasteiger partial charge in [-0.2, -0.15) is 0 Å². The van der Waals surface area contributed by atoms with Gasteiger partial charge in [-0.1, -0.05) is 24.3 Å². The summed E-state index contributed by atoms with van der Waals surface area (Å²) in [5, 5.41) is 21.1. The molecule has 0 saturated heterocycles. The normalized spacial score (nSPS) is 11.8. The monoisotopic (exact) mass is 301 g/mol. The number of hydrogen-bond donors (Lipinski definition) is 3. The molecule has 0 heterocycles. The zero-order valence-electron chi connectivity index (χ0n) is 12.3. The quantitative estimate of drug-likeness (QED) is 0.710. The van der Waals surface area contributed by atoms with Crippen LogP contribution in [0.4, 0.5) is 5.69 Å². The minimum Gasteiger partial charge on any atom is -0.465 e. The van der Waals surface area contributed by atoms with Crippen LogP contribution in [-0.4, -0.2) is 42.5 Å². The fraction of sp³-hybridized carbons (Fsp3) is 0.235. The number of aliphatic hydroxyl groups is 2. The first-order chi connectivity index (χ1) is 10.6. The summed E-state index contributed by atoms with van der Waals surface area (Å²) in [6, 6.07) is 14.9. The Hall–Kier alpha value is -2.37. The highest BCUT2D eigenvalue weighted by Crippen LogP contribution is 2.22. The van der Waals surface area contributed by atoms with Crippen LogP contribution in [0.1, 0.15) is 10.4 Å². The second-order valence-corrected chi connectivity index (χ2v) is 4.86. The molecule has 0 spiro atoms. The molecule has 5 nitrogen and oxygen atoms in total. The topological polar surface area (TPSA) is 78.8 Å². The fourth-order valence-electron chi connectivity index (χ4n) is 2.00. The third kappa shape index (κ3) is 4.07. The van der Waals surface area contributed by atoms with Crippen molar-refractivity contribution in [2.75, 3.05) is 25.6 Å². The van der Waals surface area contributed by atoms with Crippen LogP contribution in [0.3, 0.4) is 0 Å². The molecule has 0 aliphatic carbocycles. The first kappa shape index (κ1) is 16.0. The molecule has 5 heteroatoms. The van der Waals surface area contributed by atoms with Crippen LogP contribution in [-0.2, 0) is 4.74 Å². The molecule has 1 atom stereocenters. The maximum Gasteiger partial charge on any atom is 0.337 e. The molecular weight excluding hydrogens is 282 g/mol. The van der Waals surface area contributed by atoms with E-state index in [1.54, 1.807) is 12.1 Å². The van der Waals surface area contributed by atoms with Crippen molar-refractivity contribution in [3.05, 3.63) is 54.1 Å². The lowest BCUT2D eigenvalue weighted by Gasteiger charge is -2.11. The Labute approximate surface area is 129 Å². The van der Waals surface area contributed by atoms with Crippen LogP contribution >= 0.6 is 0 Å². The predicted octanol–water partition coefficient (Wildman–Crippen LogP) is 1.91. The van der Waals surface area contributed by atoms with Crippen molar-refractivity contribution < 1.29 is 19.7 Å². The summed E-state index contributed by atoms with van der Waals surface area (Å²) >= 11 is 0. The van der Waals surface area contributed by atoms with Crippen molar-refractivity contribution in [1.82, 2.24) is 0 Å². The summed E-state index contributed by atoms with van der Waals surface area (Å²) in [4.78, 5) is 11.4. The molecule has 2 rings (SSSR count). The molecule has 3 N–H and O–H groups in total. The van der Waals surface area contributed by atoms with Gasteiger partial charge in [-0.05, 0) is 35.4 Å². The van der Waals surface area contributed by atoms with Crippen molar-refractivity contribution in [1.29, 1.82) is 0 Å². The second kappa shape index (κ2) is 7.59. The lowest BCUT2D eigenvalue weighted by atomic mass is 10.0. The van der Waals surface area contributed by atoms with Gasteiger partial charge in [-0.15, -0.1) is 0 Å². The molecule has 22 heavy (non-hydrogen) atoms. The number of hydrogen-bond acceptors (Lipinski definition) is 5. The number of esters is 1. The van der Waals surface area contributed by atoms with E-state index >= 15 is 0 Å². The number of anilines is 1. The first-order valence-corrected chi connectivity index (χ1v) is 6.95. The van der Waals surface area contributed by atoms with Crippen LogP contribution < -0.4 is 5.32 Å². The number of ether oxygens (including phenoxy) is 1. The predicted molar refractivity (Wildman–Crippen MR) is 84.8 cm³/mol. The Kier molecular flexibility index (Phi) is 5.52. The molecule has 0 fully saturated rings. The van der Waals surface area contributed by atoms with E-state index in [0.717, 1.165) is 16.8 Å². The molecule has 1 unspecified atom stereocenters. The van der Waals surface area contributed by atoms with E-state index in [0.29, 0.717) is 12.1 Å². The van der Waals surface area contributed by atoms with Crippen molar-refractivity contribution in [2.24, 2.45) is 0 Å². The summed E-state index contributed by atoms with van der Waals surface area (Å²) in [6.07, 6.45) is -0.773. The molecule has 2 aromatic rings. The SMILES string of the molecule is COC(=O)c1ccc(-c2ccc(NCC(O)CO)cc2)cc1. The molecule has 0 aliphatic rings. The van der Waals surface area contributed by atoms with E-state index in [1.165, 1.54) is 7.11 Å². The first-order valence-electron chi connectivity index (χ1n) is 6.95. The van der Waals surface area contributed by atoms with Crippen molar-refractivity contribution in [2.45, 2.75) is 6.10 Å². The zero-order valence-corrected chi connectivity index (χ0v) is 12.3. The Morgan fingerprint density at radius 2 is 1.64 bits per heavy atom. The molecular formula is C17H19NO4. The number of rotatable bonds is 6. The lowest BCUT2D eigenvalue weighted by molar-refractivity contribution is 0.0600. The van der Waals surface area contributed by atoms with E-state index in [1.807, 2.05) is 36.4 Å². The van der Waals surface area contributed by atoms with Gasteiger partial charge in [0.25, 0.3) is 0 Å². The van der Waals surface area contributed by atoms with Gasteiger partial charge in [0.2, 0.25) is 0 Å². The number of carbonyl (C=O) groups excluding carboxylic acids is 1. The van der Waals surface area contributed by atoms with Gasteiger partial charge < -0.3 is 20.3 Å². The maximum atomic E-state index is 11.4. The van der Waals surface area contributed by atoms with Gasteiger partial charge >= 0.3 is 5.97 Å². The Morgan fingerprint density at radius 1 is 1.09 bits per heavy atom. The third-order valence-corrected chi connectivity index (χ3v) is 3.28. The highest BCUT2D eigenvalue weighted by Gasteiger charge is 2.05. The molecule has 116 valence electrons. The average Bonchev–Trinajstić information content (AvgIpc) is 2.59. The minimum atomic E-state index is -0.773. The smallest absolute Gasteiger partial charge is 0.337 e. The van der Waals surface area contributed by atoms with E-state index in [2.05, 4.69) is 10.1 Å². The van der Waals surface area contributed by atoms with Crippen LogP contribution in [0.2, 0.25) is 0 Å². The molecule has 0 aliphatic heterocycles. The van der Waals surface area contributed by atoms with Gasteiger partial charge in [0, 0.05) is 12.2 Å². The van der Waals surface area contributed by atoms with Crippen LogP contribution in [0.15, 0.2) is 48.5 Å². The number of benzene rings is 2. The van der Waals surface area contributed by atoms with Gasteiger partial charge in [0.05, 0.1) is 25.4 Å². The van der Waals surface area contributed by atoms with E-state index in [-0.39, 0.29) is 12.6 Å². The number of aliphatic hydroxyl groups excluding tert-OH is 2. The molecule has 0 bridgehead atoms. The molecule has 0 saturated carbocycles. The minimum absolute atomic E-state index is 0.266. The number of carbonyl (C=O) groups is 1. The third-order valence-electron chi connectivity index (χ3n) is 3.28. The summed E-state index contributed by atoms with van der Waals surface area (Å²) in [5.74, 6) is -0.353. The Balaban J connectivity index is 2.05. The second-order valence-electron chi connectivity index (χ2n) is 4.86. The Bertz CT molecular complexity index is 608. The van der Waals surface area contributed by atoms with Gasteiger partial charge in [0.15, 0.2) is 0 Å². The van der Waals surface area contributed by atoms with Crippen molar-refractivity contribution in [3.63, 3.8) is 0 Å².